The second-order valence-corrected chi connectivity index (χ2v) is 3.31. The van der Waals surface area contributed by atoms with Crippen molar-refractivity contribution >= 4 is 5.91 Å². The highest BCUT2D eigenvalue weighted by Crippen LogP contribution is 1.94. The molecular weight excluding hydrogens is 152 g/mol. The molecule has 0 unspecified atom stereocenters. The maximum atomic E-state index is 11.3. The molecule has 0 saturated heterocycles. The fourth-order valence-corrected chi connectivity index (χ4v) is 0.777. The smallest absolute Gasteiger partial charge is 0.248 e. The third kappa shape index (κ3) is 4.13. The summed E-state index contributed by atoms with van der Waals surface area (Å²) in [5.41, 5.74) is 0.594. The Hall–Kier alpha value is -0.830. The first-order chi connectivity index (χ1) is 5.45. The van der Waals surface area contributed by atoms with E-state index in [1.54, 1.807) is 18.9 Å². The fourth-order valence-electron chi connectivity index (χ4n) is 0.777. The standard InChI is InChI=1S/C9H18N2O/c1-8(2)9(12)11(5)7-6-10(3)4/h1,6-7H2,2-5H3. The fraction of sp³-hybridized carbons (Fsp3) is 0.667. The molecule has 0 aromatic rings. The van der Waals surface area contributed by atoms with Crippen molar-refractivity contribution in [2.75, 3.05) is 34.2 Å². The minimum atomic E-state index is 0.0249. The van der Waals surface area contributed by atoms with E-state index in [0.717, 1.165) is 13.1 Å². The lowest BCUT2D eigenvalue weighted by atomic mass is 10.3. The summed E-state index contributed by atoms with van der Waals surface area (Å²) < 4.78 is 0. The Balaban J connectivity index is 3.80. The summed E-state index contributed by atoms with van der Waals surface area (Å²) in [7, 11) is 5.76. The number of carbonyl (C=O) groups is 1. The molecule has 12 heavy (non-hydrogen) atoms. The second-order valence-electron chi connectivity index (χ2n) is 3.31. The molecule has 0 saturated carbocycles. The second kappa shape index (κ2) is 4.93. The van der Waals surface area contributed by atoms with Crippen LogP contribution in [0.3, 0.4) is 0 Å². The van der Waals surface area contributed by atoms with Crippen molar-refractivity contribution in [3.8, 4) is 0 Å². The largest absolute Gasteiger partial charge is 0.341 e. The lowest BCUT2D eigenvalue weighted by Gasteiger charge is -2.19. The Morgan fingerprint density at radius 1 is 1.25 bits per heavy atom. The third-order valence-corrected chi connectivity index (χ3v) is 1.59. The first kappa shape index (κ1) is 11.2. The van der Waals surface area contributed by atoms with E-state index in [9.17, 15) is 4.79 Å². The van der Waals surface area contributed by atoms with E-state index in [4.69, 9.17) is 0 Å². The zero-order valence-corrected chi connectivity index (χ0v) is 8.42. The summed E-state index contributed by atoms with van der Waals surface area (Å²) >= 11 is 0. The molecule has 0 aliphatic rings. The molecule has 0 atom stereocenters. The summed E-state index contributed by atoms with van der Waals surface area (Å²) in [5, 5.41) is 0. The average molecular weight is 170 g/mol. The van der Waals surface area contributed by atoms with Crippen molar-refractivity contribution in [3.63, 3.8) is 0 Å². The van der Waals surface area contributed by atoms with Gasteiger partial charge in [-0.1, -0.05) is 6.58 Å². The molecular formula is C9H18N2O. The minimum absolute atomic E-state index is 0.0249. The Labute approximate surface area is 74.7 Å². The van der Waals surface area contributed by atoms with E-state index >= 15 is 0 Å². The van der Waals surface area contributed by atoms with E-state index in [-0.39, 0.29) is 5.91 Å². The number of rotatable bonds is 4. The molecule has 1 amide bonds. The van der Waals surface area contributed by atoms with Gasteiger partial charge in [0.25, 0.3) is 0 Å². The van der Waals surface area contributed by atoms with Crippen LogP contribution in [0.1, 0.15) is 6.92 Å². The van der Waals surface area contributed by atoms with Gasteiger partial charge in [0.05, 0.1) is 0 Å². The van der Waals surface area contributed by atoms with Gasteiger partial charge in [-0.05, 0) is 21.0 Å². The molecule has 3 heteroatoms. The third-order valence-electron chi connectivity index (χ3n) is 1.59. The van der Waals surface area contributed by atoms with Crippen molar-refractivity contribution in [3.05, 3.63) is 12.2 Å². The van der Waals surface area contributed by atoms with Crippen molar-refractivity contribution < 1.29 is 4.79 Å². The Kier molecular flexibility index (Phi) is 4.59. The molecule has 70 valence electrons. The maximum absolute atomic E-state index is 11.3. The quantitative estimate of drug-likeness (QED) is 0.576. The van der Waals surface area contributed by atoms with Crippen LogP contribution >= 0.6 is 0 Å². The van der Waals surface area contributed by atoms with Crippen LogP contribution in [0.5, 0.6) is 0 Å². The van der Waals surface area contributed by atoms with Gasteiger partial charge in [-0.25, -0.2) is 0 Å². The van der Waals surface area contributed by atoms with Gasteiger partial charge in [-0.2, -0.15) is 0 Å². The van der Waals surface area contributed by atoms with Gasteiger partial charge in [-0.3, -0.25) is 4.79 Å². The van der Waals surface area contributed by atoms with Crippen LogP contribution in [-0.4, -0.2) is 49.9 Å². The van der Waals surface area contributed by atoms with Crippen LogP contribution in [0.4, 0.5) is 0 Å². The molecule has 0 heterocycles. The zero-order valence-electron chi connectivity index (χ0n) is 8.42. The van der Waals surface area contributed by atoms with E-state index in [0.29, 0.717) is 5.57 Å². The Morgan fingerprint density at radius 2 is 1.75 bits per heavy atom. The molecule has 0 aromatic heterocycles. The van der Waals surface area contributed by atoms with Gasteiger partial charge in [0.15, 0.2) is 0 Å². The van der Waals surface area contributed by atoms with Crippen molar-refractivity contribution in [1.29, 1.82) is 0 Å². The van der Waals surface area contributed by atoms with Crippen molar-refractivity contribution in [1.82, 2.24) is 9.80 Å². The van der Waals surface area contributed by atoms with E-state index in [1.165, 1.54) is 0 Å². The van der Waals surface area contributed by atoms with Gasteiger partial charge < -0.3 is 9.80 Å². The van der Waals surface area contributed by atoms with E-state index in [1.807, 2.05) is 19.0 Å². The lowest BCUT2D eigenvalue weighted by Crippen LogP contribution is -2.33. The number of hydrogen-bond acceptors (Lipinski definition) is 2. The van der Waals surface area contributed by atoms with Gasteiger partial charge in [0, 0.05) is 25.7 Å². The van der Waals surface area contributed by atoms with Gasteiger partial charge in [-0.15, -0.1) is 0 Å². The first-order valence-corrected chi connectivity index (χ1v) is 4.01. The summed E-state index contributed by atoms with van der Waals surface area (Å²) in [4.78, 5) is 15.0. The topological polar surface area (TPSA) is 23.6 Å². The molecule has 0 rings (SSSR count). The number of amides is 1. The predicted octanol–water partition coefficient (Wildman–Crippen LogP) is 0.583. The minimum Gasteiger partial charge on any atom is -0.341 e. The molecule has 0 aliphatic heterocycles. The average Bonchev–Trinajstić information content (AvgIpc) is 1.98. The van der Waals surface area contributed by atoms with Gasteiger partial charge in [0.2, 0.25) is 5.91 Å². The van der Waals surface area contributed by atoms with Gasteiger partial charge in [0.1, 0.15) is 0 Å². The Morgan fingerprint density at radius 3 is 2.08 bits per heavy atom. The number of carbonyl (C=O) groups excluding carboxylic acids is 1. The summed E-state index contributed by atoms with van der Waals surface area (Å²) in [6, 6.07) is 0. The van der Waals surface area contributed by atoms with Crippen molar-refractivity contribution in [2.24, 2.45) is 0 Å². The number of nitrogens with zero attached hydrogens (tertiary/aromatic N) is 2. The van der Waals surface area contributed by atoms with Crippen LogP contribution in [0.15, 0.2) is 12.2 Å². The molecule has 0 aliphatic carbocycles. The molecule has 0 bridgehead atoms. The summed E-state index contributed by atoms with van der Waals surface area (Å²) in [5.74, 6) is 0.0249. The summed E-state index contributed by atoms with van der Waals surface area (Å²) in [6.07, 6.45) is 0. The zero-order chi connectivity index (χ0) is 9.72. The molecule has 3 nitrogen and oxygen atoms in total. The molecule has 0 fully saturated rings. The number of hydrogen-bond donors (Lipinski definition) is 0. The molecule has 0 spiro atoms. The summed E-state index contributed by atoms with van der Waals surface area (Å²) in [6.45, 7) is 6.96. The molecule has 0 aromatic carbocycles. The lowest BCUT2D eigenvalue weighted by molar-refractivity contribution is -0.125. The molecule has 0 radical (unpaired) electrons. The van der Waals surface area contributed by atoms with Crippen LogP contribution in [-0.2, 0) is 4.79 Å². The predicted molar refractivity (Wildman–Crippen MR) is 51.0 cm³/mol. The SMILES string of the molecule is C=C(C)C(=O)N(C)CCN(C)C. The highest BCUT2D eigenvalue weighted by Gasteiger charge is 2.07. The van der Waals surface area contributed by atoms with E-state index < -0.39 is 0 Å². The number of likely N-dealkylation sites (N-methyl/N-ethyl adjacent to an activating group) is 2. The first-order valence-electron chi connectivity index (χ1n) is 4.01. The van der Waals surface area contributed by atoms with Crippen LogP contribution in [0, 0.1) is 0 Å². The monoisotopic (exact) mass is 170 g/mol. The highest BCUT2D eigenvalue weighted by atomic mass is 16.2. The Bertz CT molecular complexity index is 175. The van der Waals surface area contributed by atoms with Gasteiger partial charge >= 0.3 is 0 Å². The van der Waals surface area contributed by atoms with Crippen LogP contribution in [0.25, 0.3) is 0 Å². The molecule has 0 N–H and O–H groups in total. The van der Waals surface area contributed by atoms with Crippen LogP contribution < -0.4 is 0 Å². The van der Waals surface area contributed by atoms with E-state index in [2.05, 4.69) is 6.58 Å². The maximum Gasteiger partial charge on any atom is 0.248 e. The highest BCUT2D eigenvalue weighted by molar-refractivity contribution is 5.91. The van der Waals surface area contributed by atoms with Crippen molar-refractivity contribution in [2.45, 2.75) is 6.92 Å². The normalized spacial score (nSPS) is 10.1. The van der Waals surface area contributed by atoms with Crippen LogP contribution in [0.2, 0.25) is 0 Å².